The van der Waals surface area contributed by atoms with Gasteiger partial charge in [-0.25, -0.2) is 10.2 Å². The number of carboxylic acid groups (broad SMARTS) is 1. The summed E-state index contributed by atoms with van der Waals surface area (Å²) in [5.74, 6) is -0.0932. The number of aliphatic carboxylic acids is 1. The third-order valence-corrected chi connectivity index (χ3v) is 3.46. The highest BCUT2D eigenvalue weighted by Gasteiger charge is 2.07. The van der Waals surface area contributed by atoms with Crippen LogP contribution in [0.3, 0.4) is 0 Å². The van der Waals surface area contributed by atoms with E-state index in [1.165, 1.54) is 18.9 Å². The summed E-state index contributed by atoms with van der Waals surface area (Å²) < 4.78 is 5.23. The van der Waals surface area contributed by atoms with Crippen molar-refractivity contribution >= 4 is 29.5 Å². The number of hydrazone groups is 1. The number of methoxy groups -OCH3 is 1. The Morgan fingerprint density at radius 2 is 2.19 bits per heavy atom. The molecule has 0 aliphatic carbocycles. The van der Waals surface area contributed by atoms with Crippen LogP contribution in [0.4, 0.5) is 4.79 Å². The van der Waals surface area contributed by atoms with Crippen LogP contribution in [-0.4, -0.2) is 30.6 Å². The standard InChI is InChI=1S/C13H17N3O4S/c1-8(15-16-13(14)19)9-3-4-11(20-2)10(5-9)6-21-7-12(17)18/h3-5H,6-7H2,1-2H3,(H,17,18)(H3,14,16,19)/p-1/b15-8-. The lowest BCUT2D eigenvalue weighted by atomic mass is 10.1. The van der Waals surface area contributed by atoms with Gasteiger partial charge in [0.2, 0.25) is 0 Å². The largest absolute Gasteiger partial charge is 0.549 e. The lowest BCUT2D eigenvalue weighted by Gasteiger charge is -2.11. The Morgan fingerprint density at radius 3 is 2.76 bits per heavy atom. The summed E-state index contributed by atoms with van der Waals surface area (Å²) in [6.45, 7) is 1.72. The van der Waals surface area contributed by atoms with Crippen molar-refractivity contribution in [1.82, 2.24) is 5.43 Å². The van der Waals surface area contributed by atoms with Crippen molar-refractivity contribution in [3.8, 4) is 5.75 Å². The van der Waals surface area contributed by atoms with Crippen LogP contribution in [0.1, 0.15) is 18.1 Å². The van der Waals surface area contributed by atoms with E-state index in [-0.39, 0.29) is 5.75 Å². The van der Waals surface area contributed by atoms with Crippen molar-refractivity contribution in [2.45, 2.75) is 12.7 Å². The molecule has 0 saturated carbocycles. The predicted molar refractivity (Wildman–Crippen MR) is 79.1 cm³/mol. The zero-order chi connectivity index (χ0) is 15.8. The maximum Gasteiger partial charge on any atom is 0.332 e. The summed E-state index contributed by atoms with van der Waals surface area (Å²) in [7, 11) is 1.54. The fourth-order valence-corrected chi connectivity index (χ4v) is 2.28. The van der Waals surface area contributed by atoms with E-state index in [4.69, 9.17) is 10.5 Å². The van der Waals surface area contributed by atoms with Crippen molar-refractivity contribution < 1.29 is 19.4 Å². The topological polar surface area (TPSA) is 117 Å². The maximum absolute atomic E-state index is 10.6. The zero-order valence-electron chi connectivity index (χ0n) is 11.7. The first kappa shape index (κ1) is 16.8. The molecule has 0 bridgehead atoms. The van der Waals surface area contributed by atoms with Gasteiger partial charge in [-0.15, -0.1) is 0 Å². The number of carbonyl (C=O) groups is 2. The fraction of sp³-hybridized carbons (Fsp3) is 0.308. The molecule has 0 spiro atoms. The molecule has 0 aromatic heterocycles. The molecule has 0 unspecified atom stereocenters. The van der Waals surface area contributed by atoms with E-state index in [1.54, 1.807) is 19.1 Å². The van der Waals surface area contributed by atoms with Gasteiger partial charge in [-0.05, 0) is 30.7 Å². The van der Waals surface area contributed by atoms with Gasteiger partial charge in [0.25, 0.3) is 0 Å². The van der Waals surface area contributed by atoms with Crippen LogP contribution >= 0.6 is 11.8 Å². The Balaban J connectivity index is 2.90. The number of carbonyl (C=O) groups excluding carboxylic acids is 2. The first-order chi connectivity index (χ1) is 9.93. The normalized spacial score (nSPS) is 11.0. The molecule has 2 amide bonds. The summed E-state index contributed by atoms with van der Waals surface area (Å²) in [6.07, 6.45) is 0. The highest BCUT2D eigenvalue weighted by molar-refractivity contribution is 7.99. The number of nitrogens with zero attached hydrogens (tertiary/aromatic N) is 1. The number of nitrogens with two attached hydrogens (primary N) is 1. The van der Waals surface area contributed by atoms with E-state index in [2.05, 4.69) is 10.5 Å². The smallest absolute Gasteiger partial charge is 0.332 e. The van der Waals surface area contributed by atoms with Gasteiger partial charge in [0.05, 0.1) is 18.8 Å². The number of primary amides is 1. The van der Waals surface area contributed by atoms with Gasteiger partial charge >= 0.3 is 6.03 Å². The number of thioether (sulfide) groups is 1. The van der Waals surface area contributed by atoms with Crippen LogP contribution in [0, 0.1) is 0 Å². The molecule has 8 heteroatoms. The molecule has 1 aromatic rings. The quantitative estimate of drug-likeness (QED) is 0.546. The summed E-state index contributed by atoms with van der Waals surface area (Å²) in [5, 5.41) is 14.3. The summed E-state index contributed by atoms with van der Waals surface area (Å²) >= 11 is 1.21. The number of nitrogens with one attached hydrogen (secondary N) is 1. The molecule has 0 radical (unpaired) electrons. The molecule has 3 N–H and O–H groups in total. The van der Waals surface area contributed by atoms with Crippen molar-refractivity contribution in [3.63, 3.8) is 0 Å². The Bertz CT molecular complexity index is 560. The van der Waals surface area contributed by atoms with Gasteiger partial charge in [-0.1, -0.05) is 0 Å². The van der Waals surface area contributed by atoms with Crippen LogP contribution in [0.15, 0.2) is 23.3 Å². The average molecular weight is 310 g/mol. The summed E-state index contributed by atoms with van der Waals surface area (Å²) in [6, 6.07) is 4.62. The predicted octanol–water partition coefficient (Wildman–Crippen LogP) is 0.0706. The van der Waals surface area contributed by atoms with E-state index in [1.807, 2.05) is 6.07 Å². The Morgan fingerprint density at radius 1 is 1.48 bits per heavy atom. The van der Waals surface area contributed by atoms with Crippen LogP contribution in [0.25, 0.3) is 0 Å². The molecule has 1 aromatic carbocycles. The van der Waals surface area contributed by atoms with Crippen molar-refractivity contribution in [3.05, 3.63) is 29.3 Å². The van der Waals surface area contributed by atoms with Gasteiger partial charge in [-0.3, -0.25) is 0 Å². The Labute approximate surface area is 126 Å². The van der Waals surface area contributed by atoms with Gasteiger partial charge in [0.15, 0.2) is 0 Å². The van der Waals surface area contributed by atoms with Crippen molar-refractivity contribution in [2.75, 3.05) is 12.9 Å². The minimum atomic E-state index is -1.11. The van der Waals surface area contributed by atoms with E-state index in [9.17, 15) is 14.7 Å². The van der Waals surface area contributed by atoms with E-state index in [0.29, 0.717) is 17.2 Å². The Hall–Kier alpha value is -2.22. The number of benzene rings is 1. The van der Waals surface area contributed by atoms with E-state index < -0.39 is 12.0 Å². The monoisotopic (exact) mass is 310 g/mol. The van der Waals surface area contributed by atoms with Gasteiger partial charge in [0.1, 0.15) is 5.75 Å². The van der Waals surface area contributed by atoms with Crippen LogP contribution < -0.4 is 21.0 Å². The molecule has 1 rings (SSSR count). The molecule has 0 heterocycles. The third-order valence-electron chi connectivity index (χ3n) is 2.51. The molecule has 0 saturated heterocycles. The highest BCUT2D eigenvalue weighted by atomic mass is 32.2. The highest BCUT2D eigenvalue weighted by Crippen LogP contribution is 2.24. The molecular weight excluding hydrogens is 294 g/mol. The maximum atomic E-state index is 10.6. The first-order valence-corrected chi connectivity index (χ1v) is 7.14. The molecular formula is C13H16N3O4S-. The zero-order valence-corrected chi connectivity index (χ0v) is 12.5. The number of rotatable bonds is 7. The number of ether oxygens (including phenoxy) is 1. The van der Waals surface area contributed by atoms with Gasteiger partial charge in [-0.2, -0.15) is 16.9 Å². The van der Waals surface area contributed by atoms with E-state index >= 15 is 0 Å². The van der Waals surface area contributed by atoms with Crippen LogP contribution in [0.2, 0.25) is 0 Å². The molecule has 7 nitrogen and oxygen atoms in total. The van der Waals surface area contributed by atoms with Gasteiger partial charge < -0.3 is 20.4 Å². The van der Waals surface area contributed by atoms with Crippen molar-refractivity contribution in [1.29, 1.82) is 0 Å². The van der Waals surface area contributed by atoms with E-state index in [0.717, 1.165) is 11.1 Å². The number of carboxylic acids is 1. The molecule has 0 atom stereocenters. The lowest BCUT2D eigenvalue weighted by Crippen LogP contribution is -2.25. The summed E-state index contributed by atoms with van der Waals surface area (Å²) in [4.78, 5) is 21.1. The minimum Gasteiger partial charge on any atom is -0.549 e. The molecule has 0 aliphatic heterocycles. The second-order valence-corrected chi connectivity index (χ2v) is 5.05. The van der Waals surface area contributed by atoms with Gasteiger partial charge in [0, 0.05) is 17.1 Å². The summed E-state index contributed by atoms with van der Waals surface area (Å²) in [5.41, 5.74) is 9.27. The second kappa shape index (κ2) is 8.15. The van der Waals surface area contributed by atoms with Crippen molar-refractivity contribution in [2.24, 2.45) is 10.8 Å². The SMILES string of the molecule is COc1ccc(/C(C)=N\NC(N)=O)cc1CSCC(=O)[O-]. The first-order valence-electron chi connectivity index (χ1n) is 5.98. The van der Waals surface area contributed by atoms with Crippen LogP contribution in [-0.2, 0) is 10.5 Å². The second-order valence-electron chi connectivity index (χ2n) is 4.06. The third kappa shape index (κ3) is 5.74. The molecule has 114 valence electrons. The number of urea groups is 1. The number of hydrogen-bond acceptors (Lipinski definition) is 6. The number of hydrogen-bond donors (Lipinski definition) is 2. The fourth-order valence-electron chi connectivity index (χ4n) is 1.56. The number of amides is 2. The Kier molecular flexibility index (Phi) is 6.54. The molecule has 0 aliphatic rings. The van der Waals surface area contributed by atoms with Crippen LogP contribution in [0.5, 0.6) is 5.75 Å². The molecule has 0 fully saturated rings. The minimum absolute atomic E-state index is 0.0936. The lowest BCUT2D eigenvalue weighted by molar-refractivity contribution is -0.301. The molecule has 21 heavy (non-hydrogen) atoms. The average Bonchev–Trinajstić information content (AvgIpc) is 2.44.